The molecule has 0 aliphatic carbocycles. The summed E-state index contributed by atoms with van der Waals surface area (Å²) in [6.45, 7) is 0.363. The van der Waals surface area contributed by atoms with E-state index in [-0.39, 0.29) is 5.75 Å². The summed E-state index contributed by atoms with van der Waals surface area (Å²) in [6, 6.07) is 5.60. The fraction of sp³-hybridized carbons (Fsp3) is 0.158. The van der Waals surface area contributed by atoms with Gasteiger partial charge in [-0.3, -0.25) is 0 Å². The molecule has 10 heteroatoms. The number of fused-ring (bicyclic) bond motifs is 1. The minimum absolute atomic E-state index is 0.262. The van der Waals surface area contributed by atoms with Crippen molar-refractivity contribution in [2.24, 2.45) is 0 Å². The average Bonchev–Trinajstić information content (AvgIpc) is 3.21. The Bertz CT molecular complexity index is 1180. The number of hydrogen-bond acceptors (Lipinski definition) is 4. The number of halogens is 4. The molecule has 148 valence electrons. The molecule has 0 radical (unpaired) electrons. The highest BCUT2D eigenvalue weighted by Crippen LogP contribution is 2.22. The Kier molecular flexibility index (Phi) is 5.00. The molecular formula is C19H14ClF3N5O+. The first-order chi connectivity index (χ1) is 13.9. The van der Waals surface area contributed by atoms with Gasteiger partial charge in [0, 0.05) is 37.0 Å². The van der Waals surface area contributed by atoms with Crippen molar-refractivity contribution in [1.82, 2.24) is 19.6 Å². The van der Waals surface area contributed by atoms with Crippen LogP contribution in [0.2, 0.25) is 0 Å². The molecule has 3 heterocycles. The lowest BCUT2D eigenvalue weighted by atomic mass is 10.1. The van der Waals surface area contributed by atoms with Gasteiger partial charge in [-0.25, -0.2) is 15.0 Å². The SMILES string of the molecule is FC(F)(F)Oc1ccc(CNc2ncc(Cc3c[nH]c4c3=CC(Cl)=[N+]=4)cn2)cc1. The molecule has 2 N–H and O–H groups in total. The van der Waals surface area contributed by atoms with Crippen LogP contribution in [-0.4, -0.2) is 26.5 Å². The Morgan fingerprint density at radius 2 is 1.83 bits per heavy atom. The maximum absolute atomic E-state index is 12.2. The van der Waals surface area contributed by atoms with Crippen LogP contribution in [-0.2, 0) is 13.0 Å². The number of anilines is 1. The first-order valence-corrected chi connectivity index (χ1v) is 8.92. The number of ether oxygens (including phenoxy) is 1. The standard InChI is InChI=1S/C19H13ClF3N5O/c20-16-6-15-13(10-24-17(15)28-16)5-12-8-26-18(27-9-12)25-7-11-1-3-14(4-2-11)29-19(21,22)23/h1-4,6,8-10H,5,7H2,(H,25,26,27)/p+1. The molecule has 29 heavy (non-hydrogen) atoms. The number of nitrogens with one attached hydrogen (secondary N) is 2. The molecule has 4 rings (SSSR count). The highest BCUT2D eigenvalue weighted by Gasteiger charge is 2.30. The molecule has 1 aliphatic rings. The summed E-state index contributed by atoms with van der Waals surface area (Å²) in [5.41, 5.74) is 3.48. The third kappa shape index (κ3) is 4.77. The van der Waals surface area contributed by atoms with Crippen molar-refractivity contribution in [3.8, 4) is 5.75 Å². The zero-order valence-corrected chi connectivity index (χ0v) is 15.6. The quantitative estimate of drug-likeness (QED) is 0.598. The monoisotopic (exact) mass is 420 g/mol. The lowest BCUT2D eigenvalue weighted by Crippen LogP contribution is -2.24. The predicted molar refractivity (Wildman–Crippen MR) is 102 cm³/mol. The van der Waals surface area contributed by atoms with Gasteiger partial charge < -0.3 is 10.1 Å². The molecule has 6 nitrogen and oxygen atoms in total. The average molecular weight is 421 g/mol. The Balaban J connectivity index is 1.35. The molecule has 1 aliphatic heterocycles. The van der Waals surface area contributed by atoms with Gasteiger partial charge in [-0.2, -0.15) is 4.67 Å². The van der Waals surface area contributed by atoms with Gasteiger partial charge in [-0.05, 0) is 34.9 Å². The molecule has 0 bridgehead atoms. The molecular weight excluding hydrogens is 407 g/mol. The molecule has 0 saturated heterocycles. The highest BCUT2D eigenvalue weighted by atomic mass is 35.5. The fourth-order valence-electron chi connectivity index (χ4n) is 2.87. The largest absolute Gasteiger partial charge is 0.573 e. The number of alkyl halides is 3. The summed E-state index contributed by atoms with van der Waals surface area (Å²) in [5.74, 6) is 0.156. The van der Waals surface area contributed by atoms with E-state index in [0.29, 0.717) is 24.1 Å². The maximum Gasteiger partial charge on any atom is 0.573 e. The van der Waals surface area contributed by atoms with Gasteiger partial charge in [-0.1, -0.05) is 12.1 Å². The molecule has 0 atom stereocenters. The van der Waals surface area contributed by atoms with E-state index in [9.17, 15) is 13.2 Å². The van der Waals surface area contributed by atoms with Gasteiger partial charge in [0.05, 0.1) is 11.4 Å². The smallest absolute Gasteiger partial charge is 0.406 e. The van der Waals surface area contributed by atoms with E-state index in [4.69, 9.17) is 11.6 Å². The fourth-order valence-corrected chi connectivity index (χ4v) is 3.06. The van der Waals surface area contributed by atoms with Crippen LogP contribution < -0.4 is 25.4 Å². The van der Waals surface area contributed by atoms with Gasteiger partial charge in [0.25, 0.3) is 5.17 Å². The van der Waals surface area contributed by atoms with Crippen molar-refractivity contribution < 1.29 is 17.9 Å². The summed E-state index contributed by atoms with van der Waals surface area (Å²) in [4.78, 5) is 11.6. The Morgan fingerprint density at radius 3 is 2.52 bits per heavy atom. The third-order valence-corrected chi connectivity index (χ3v) is 4.37. The molecule has 1 aromatic carbocycles. The van der Waals surface area contributed by atoms with Crippen molar-refractivity contribution >= 4 is 28.8 Å². The molecule has 2 aromatic heterocycles. The van der Waals surface area contributed by atoms with E-state index in [2.05, 4.69) is 29.7 Å². The van der Waals surface area contributed by atoms with Gasteiger partial charge in [0.2, 0.25) is 5.95 Å². The molecule has 0 unspecified atom stereocenters. The minimum Gasteiger partial charge on any atom is -0.406 e. The van der Waals surface area contributed by atoms with E-state index < -0.39 is 6.36 Å². The van der Waals surface area contributed by atoms with Gasteiger partial charge >= 0.3 is 11.9 Å². The minimum atomic E-state index is -4.70. The second-order valence-corrected chi connectivity index (χ2v) is 6.68. The first kappa shape index (κ1) is 19.0. The van der Waals surface area contributed by atoms with Gasteiger partial charge in [-0.15, -0.1) is 13.2 Å². The van der Waals surface area contributed by atoms with Crippen molar-refractivity contribution in [3.63, 3.8) is 0 Å². The Labute approximate surface area is 167 Å². The third-order valence-electron chi connectivity index (χ3n) is 4.17. The Hall–Kier alpha value is -3.29. The highest BCUT2D eigenvalue weighted by molar-refractivity contribution is 6.72. The summed E-state index contributed by atoms with van der Waals surface area (Å²) < 4.78 is 44.6. The van der Waals surface area contributed by atoms with Crippen LogP contribution in [0.4, 0.5) is 19.1 Å². The van der Waals surface area contributed by atoms with Crippen LogP contribution in [0.3, 0.4) is 0 Å². The summed E-state index contributed by atoms with van der Waals surface area (Å²) in [5, 5.41) is 4.44. The van der Waals surface area contributed by atoms with Crippen molar-refractivity contribution in [2.75, 3.05) is 5.32 Å². The molecule has 0 amide bonds. The van der Waals surface area contributed by atoms with Crippen LogP contribution in [0.15, 0.2) is 42.9 Å². The molecule has 0 saturated carbocycles. The van der Waals surface area contributed by atoms with E-state index in [0.717, 1.165) is 27.4 Å². The van der Waals surface area contributed by atoms with Crippen molar-refractivity contribution in [1.29, 1.82) is 0 Å². The van der Waals surface area contributed by atoms with Crippen LogP contribution in [0.25, 0.3) is 6.08 Å². The van der Waals surface area contributed by atoms with Crippen LogP contribution in [0.1, 0.15) is 16.7 Å². The van der Waals surface area contributed by atoms with Crippen molar-refractivity contribution in [2.45, 2.75) is 19.3 Å². The van der Waals surface area contributed by atoms with E-state index >= 15 is 0 Å². The van der Waals surface area contributed by atoms with Gasteiger partial charge in [0.15, 0.2) is 0 Å². The molecule has 0 fully saturated rings. The summed E-state index contributed by atoms with van der Waals surface area (Å²) in [7, 11) is 0. The maximum atomic E-state index is 12.2. The second kappa shape index (κ2) is 7.62. The second-order valence-electron chi connectivity index (χ2n) is 6.29. The summed E-state index contributed by atoms with van der Waals surface area (Å²) >= 11 is 5.92. The zero-order chi connectivity index (χ0) is 20.4. The number of aromatic amines is 1. The number of benzene rings is 1. The van der Waals surface area contributed by atoms with Crippen LogP contribution in [0.5, 0.6) is 5.75 Å². The molecule has 0 spiro atoms. The topological polar surface area (TPSA) is 76.9 Å². The number of nitrogens with zero attached hydrogens (tertiary/aromatic N) is 3. The van der Waals surface area contributed by atoms with Crippen LogP contribution >= 0.6 is 11.6 Å². The van der Waals surface area contributed by atoms with Gasteiger partial charge in [0.1, 0.15) is 5.75 Å². The lowest BCUT2D eigenvalue weighted by Gasteiger charge is -2.09. The van der Waals surface area contributed by atoms with E-state index in [1.54, 1.807) is 24.5 Å². The zero-order valence-electron chi connectivity index (χ0n) is 14.8. The summed E-state index contributed by atoms with van der Waals surface area (Å²) in [6.07, 6.45) is 3.05. The number of rotatable bonds is 6. The Morgan fingerprint density at radius 1 is 1.10 bits per heavy atom. The normalized spacial score (nSPS) is 12.6. The predicted octanol–water partition coefficient (Wildman–Crippen LogP) is 2.02. The van der Waals surface area contributed by atoms with E-state index in [1.165, 1.54) is 12.1 Å². The number of H-pyrrole nitrogens is 1. The van der Waals surface area contributed by atoms with Crippen molar-refractivity contribution in [3.05, 3.63) is 70.3 Å². The van der Waals surface area contributed by atoms with E-state index in [1.807, 2.05) is 12.3 Å². The lowest BCUT2D eigenvalue weighted by molar-refractivity contribution is -0.274. The molecule has 3 aromatic rings. The number of hydrogen-bond donors (Lipinski definition) is 2. The van der Waals surface area contributed by atoms with Crippen LogP contribution in [0, 0.1) is 0 Å². The number of aromatic nitrogens is 3. The first-order valence-electron chi connectivity index (χ1n) is 8.54.